The Labute approximate surface area is 75.5 Å². The molecule has 0 saturated heterocycles. The van der Waals surface area contributed by atoms with Crippen LogP contribution in [-0.4, -0.2) is 19.7 Å². The van der Waals surface area contributed by atoms with Crippen molar-refractivity contribution in [2.45, 2.75) is 51.0 Å². The molecule has 0 aromatic rings. The van der Waals surface area contributed by atoms with E-state index in [1.165, 1.54) is 32.1 Å². The van der Waals surface area contributed by atoms with E-state index in [1.54, 1.807) is 0 Å². The van der Waals surface area contributed by atoms with Crippen molar-refractivity contribution in [1.29, 1.82) is 0 Å². The first-order valence-electron chi connectivity index (χ1n) is 4.85. The molecule has 1 amide bonds. The molecule has 1 aliphatic rings. The molecule has 0 atom stereocenters. The highest BCUT2D eigenvalue weighted by Gasteiger charge is 2.10. The van der Waals surface area contributed by atoms with E-state index in [1.807, 2.05) is 0 Å². The fourth-order valence-electron chi connectivity index (χ4n) is 1.80. The summed E-state index contributed by atoms with van der Waals surface area (Å²) in [7, 11) is 5.06. The van der Waals surface area contributed by atoms with Crippen LogP contribution in [0.5, 0.6) is 0 Å². The molecule has 2 nitrogen and oxygen atoms in total. The van der Waals surface area contributed by atoms with E-state index >= 15 is 0 Å². The molecule has 1 aliphatic carbocycles. The second-order valence-electron chi connectivity index (χ2n) is 3.55. The topological polar surface area (TPSA) is 29.1 Å². The third kappa shape index (κ3) is 3.79. The Hall–Kier alpha value is -0.465. The minimum atomic E-state index is -0.374. The second kappa shape index (κ2) is 5.23. The maximum atomic E-state index is 10.6. The van der Waals surface area contributed by atoms with E-state index < -0.39 is 0 Å². The van der Waals surface area contributed by atoms with Crippen molar-refractivity contribution in [3.8, 4) is 0 Å². The van der Waals surface area contributed by atoms with Crippen LogP contribution in [0.4, 0.5) is 4.79 Å². The minimum absolute atomic E-state index is 0.336. The lowest BCUT2D eigenvalue weighted by molar-refractivity contribution is 0.253. The Balaban J connectivity index is 2.24. The second-order valence-corrected chi connectivity index (χ2v) is 3.55. The number of carbonyl (C=O) groups is 1. The van der Waals surface area contributed by atoms with Crippen molar-refractivity contribution < 1.29 is 4.79 Å². The van der Waals surface area contributed by atoms with Gasteiger partial charge in [0.2, 0.25) is 7.85 Å². The van der Waals surface area contributed by atoms with Gasteiger partial charge in [0.1, 0.15) is 0 Å². The van der Waals surface area contributed by atoms with Crippen LogP contribution in [0.3, 0.4) is 0 Å². The van der Waals surface area contributed by atoms with Crippen molar-refractivity contribution in [2.24, 2.45) is 0 Å². The standard InChI is InChI=1S/C9H16BNO/c10-9(12)11-8-6-4-2-1-3-5-7-8/h8H,1-7H2,(H,11,12). The van der Waals surface area contributed by atoms with Crippen molar-refractivity contribution in [1.82, 2.24) is 5.32 Å². The summed E-state index contributed by atoms with van der Waals surface area (Å²) >= 11 is 0. The highest BCUT2D eigenvalue weighted by molar-refractivity contribution is 6.57. The molecular formula is C9H16BNO. The molecule has 0 spiro atoms. The Morgan fingerprint density at radius 1 is 1.08 bits per heavy atom. The zero-order valence-electron chi connectivity index (χ0n) is 7.51. The molecule has 0 aromatic heterocycles. The van der Waals surface area contributed by atoms with Gasteiger partial charge in [-0.3, -0.25) is 4.79 Å². The van der Waals surface area contributed by atoms with Crippen LogP contribution < -0.4 is 5.32 Å². The molecular weight excluding hydrogens is 149 g/mol. The van der Waals surface area contributed by atoms with Gasteiger partial charge < -0.3 is 5.32 Å². The number of rotatable bonds is 1. The Kier molecular flexibility index (Phi) is 4.19. The van der Waals surface area contributed by atoms with Crippen LogP contribution in [0, 0.1) is 0 Å². The van der Waals surface area contributed by atoms with Crippen molar-refractivity contribution >= 4 is 13.7 Å². The van der Waals surface area contributed by atoms with Crippen LogP contribution in [0.15, 0.2) is 0 Å². The van der Waals surface area contributed by atoms with Gasteiger partial charge in [-0.1, -0.05) is 32.1 Å². The highest BCUT2D eigenvalue weighted by atomic mass is 16.1. The predicted molar refractivity (Wildman–Crippen MR) is 50.4 cm³/mol. The normalized spacial score (nSPS) is 21.0. The van der Waals surface area contributed by atoms with Gasteiger partial charge in [0, 0.05) is 6.04 Å². The molecule has 3 heteroatoms. The summed E-state index contributed by atoms with van der Waals surface area (Å²) in [5, 5.41) is 2.79. The fourth-order valence-corrected chi connectivity index (χ4v) is 1.80. The number of nitrogens with one attached hydrogen (secondary N) is 1. The molecule has 12 heavy (non-hydrogen) atoms. The summed E-state index contributed by atoms with van der Waals surface area (Å²) < 4.78 is 0. The molecule has 1 N–H and O–H groups in total. The molecule has 0 heterocycles. The first kappa shape index (κ1) is 9.62. The lowest BCUT2D eigenvalue weighted by Crippen LogP contribution is -2.34. The van der Waals surface area contributed by atoms with Crippen LogP contribution in [0.1, 0.15) is 44.9 Å². The van der Waals surface area contributed by atoms with Crippen LogP contribution in [0.2, 0.25) is 0 Å². The van der Waals surface area contributed by atoms with Gasteiger partial charge in [-0.05, 0) is 12.8 Å². The largest absolute Gasteiger partial charge is 0.363 e. The molecule has 0 aliphatic heterocycles. The van der Waals surface area contributed by atoms with Crippen molar-refractivity contribution in [3.63, 3.8) is 0 Å². The first-order valence-corrected chi connectivity index (χ1v) is 4.85. The summed E-state index contributed by atoms with van der Waals surface area (Å²) in [6.07, 6.45) is 8.61. The summed E-state index contributed by atoms with van der Waals surface area (Å²) in [6.45, 7) is 0. The number of hydrogen-bond donors (Lipinski definition) is 1. The Morgan fingerprint density at radius 2 is 1.58 bits per heavy atom. The van der Waals surface area contributed by atoms with E-state index in [9.17, 15) is 4.79 Å². The molecule has 1 rings (SSSR count). The van der Waals surface area contributed by atoms with Gasteiger partial charge in [-0.25, -0.2) is 0 Å². The average Bonchev–Trinajstić information content (AvgIpc) is 1.93. The highest BCUT2D eigenvalue weighted by Crippen LogP contribution is 2.16. The lowest BCUT2D eigenvalue weighted by Gasteiger charge is -2.20. The van der Waals surface area contributed by atoms with Gasteiger partial charge in [-0.15, -0.1) is 0 Å². The summed E-state index contributed by atoms with van der Waals surface area (Å²) in [6, 6.07) is 0.336. The van der Waals surface area contributed by atoms with Gasteiger partial charge in [0.25, 0.3) is 0 Å². The maximum Gasteiger partial charge on any atom is 0.200 e. The number of amides is 1. The van der Waals surface area contributed by atoms with Crippen LogP contribution >= 0.6 is 0 Å². The summed E-state index contributed by atoms with van der Waals surface area (Å²) in [4.78, 5) is 10.6. The Morgan fingerprint density at radius 3 is 2.08 bits per heavy atom. The first-order chi connectivity index (χ1) is 5.79. The minimum Gasteiger partial charge on any atom is -0.363 e. The molecule has 66 valence electrons. The fraction of sp³-hybridized carbons (Fsp3) is 0.889. The van der Waals surface area contributed by atoms with E-state index in [0.29, 0.717) is 6.04 Å². The smallest absolute Gasteiger partial charge is 0.200 e. The van der Waals surface area contributed by atoms with Crippen LogP contribution in [-0.2, 0) is 0 Å². The zero-order valence-corrected chi connectivity index (χ0v) is 7.51. The van der Waals surface area contributed by atoms with Crippen molar-refractivity contribution in [3.05, 3.63) is 0 Å². The van der Waals surface area contributed by atoms with Crippen molar-refractivity contribution in [2.75, 3.05) is 0 Å². The molecule has 0 aromatic carbocycles. The summed E-state index contributed by atoms with van der Waals surface area (Å²) in [5.41, 5.74) is 0. The van der Waals surface area contributed by atoms with Gasteiger partial charge in [0.15, 0.2) is 5.81 Å². The third-order valence-corrected chi connectivity index (χ3v) is 2.45. The average molecular weight is 165 g/mol. The monoisotopic (exact) mass is 165 g/mol. The molecule has 0 bridgehead atoms. The Bertz CT molecular complexity index is 141. The molecule has 2 radical (unpaired) electrons. The molecule has 0 unspecified atom stereocenters. The van der Waals surface area contributed by atoms with E-state index in [0.717, 1.165) is 12.8 Å². The molecule has 1 saturated carbocycles. The van der Waals surface area contributed by atoms with E-state index in [-0.39, 0.29) is 5.81 Å². The maximum absolute atomic E-state index is 10.6. The summed E-state index contributed by atoms with van der Waals surface area (Å²) in [5.74, 6) is -0.374. The predicted octanol–water partition coefficient (Wildman–Crippen LogP) is 1.98. The quantitative estimate of drug-likeness (QED) is 0.591. The van der Waals surface area contributed by atoms with Crippen LogP contribution in [0.25, 0.3) is 0 Å². The van der Waals surface area contributed by atoms with Gasteiger partial charge in [-0.2, -0.15) is 0 Å². The zero-order chi connectivity index (χ0) is 8.81. The third-order valence-electron chi connectivity index (χ3n) is 2.45. The number of hydrogen-bond acceptors (Lipinski definition) is 1. The van der Waals surface area contributed by atoms with E-state index in [4.69, 9.17) is 7.85 Å². The van der Waals surface area contributed by atoms with Gasteiger partial charge in [0.05, 0.1) is 0 Å². The molecule has 1 fully saturated rings. The number of carbonyl (C=O) groups excluding carboxylic acids is 1. The van der Waals surface area contributed by atoms with Gasteiger partial charge >= 0.3 is 0 Å². The van der Waals surface area contributed by atoms with E-state index in [2.05, 4.69) is 5.32 Å². The SMILES string of the molecule is [B]C(=O)NC1CCCCCCC1. The lowest BCUT2D eigenvalue weighted by atomic mass is 9.96.